The number of thiazole rings is 1. The van der Waals surface area contributed by atoms with Crippen LogP contribution < -0.4 is 5.32 Å². The smallest absolute Gasteiger partial charge is 0.359 e. The molecular formula is C12H14ClN3O4S. The van der Waals surface area contributed by atoms with Gasteiger partial charge in [0, 0.05) is 25.2 Å². The van der Waals surface area contributed by atoms with Crippen LogP contribution >= 0.6 is 22.9 Å². The summed E-state index contributed by atoms with van der Waals surface area (Å²) in [5.41, 5.74) is 0.115. The summed E-state index contributed by atoms with van der Waals surface area (Å²) in [4.78, 5) is 28.5. The molecule has 7 nitrogen and oxygen atoms in total. The van der Waals surface area contributed by atoms with Gasteiger partial charge in [0.25, 0.3) is 5.91 Å². The Morgan fingerprint density at radius 2 is 2.33 bits per heavy atom. The summed E-state index contributed by atoms with van der Waals surface area (Å²) in [7, 11) is 1.53. The summed E-state index contributed by atoms with van der Waals surface area (Å²) in [6.45, 7) is 2.22. The Morgan fingerprint density at radius 3 is 3.05 bits per heavy atom. The summed E-state index contributed by atoms with van der Waals surface area (Å²) in [6.07, 6.45) is 0.730. The van der Waals surface area contributed by atoms with E-state index in [1.807, 2.05) is 0 Å². The van der Waals surface area contributed by atoms with Gasteiger partial charge in [0.15, 0.2) is 21.9 Å². The molecule has 0 unspecified atom stereocenters. The minimum atomic E-state index is -0.936. The summed E-state index contributed by atoms with van der Waals surface area (Å²) < 4.78 is 11.5. The number of fused-ring (bicyclic) bond motifs is 1. The van der Waals surface area contributed by atoms with Crippen molar-refractivity contribution in [2.45, 2.75) is 13.0 Å². The number of rotatable bonds is 6. The van der Waals surface area contributed by atoms with E-state index in [2.05, 4.69) is 10.3 Å². The molecule has 1 atom stereocenters. The molecule has 0 spiro atoms. The molecule has 2 heterocycles. The molecule has 9 heteroatoms. The standard InChI is InChI=1S/C12H14ClN3O4S/c1-7(10(17)14-3-5-19-2)20-11(18)8-9(13)15-12-16(8)4-6-21-12/h4,6-7H,3,5H2,1-2H3,(H,14,17)/t7-/m1/s1. The van der Waals surface area contributed by atoms with Gasteiger partial charge in [-0.2, -0.15) is 0 Å². The lowest BCUT2D eigenvalue weighted by Crippen LogP contribution is -2.37. The Morgan fingerprint density at radius 1 is 1.57 bits per heavy atom. The number of ether oxygens (including phenoxy) is 2. The summed E-state index contributed by atoms with van der Waals surface area (Å²) >= 11 is 7.27. The van der Waals surface area contributed by atoms with Gasteiger partial charge in [-0.15, -0.1) is 11.3 Å². The van der Waals surface area contributed by atoms with E-state index < -0.39 is 18.0 Å². The zero-order chi connectivity index (χ0) is 15.4. The molecule has 21 heavy (non-hydrogen) atoms. The Hall–Kier alpha value is -1.64. The van der Waals surface area contributed by atoms with Crippen molar-refractivity contribution in [1.29, 1.82) is 0 Å². The lowest BCUT2D eigenvalue weighted by molar-refractivity contribution is -0.129. The van der Waals surface area contributed by atoms with E-state index >= 15 is 0 Å². The van der Waals surface area contributed by atoms with Crippen LogP contribution in [-0.2, 0) is 14.3 Å². The number of nitrogens with one attached hydrogen (secondary N) is 1. The minimum Gasteiger partial charge on any atom is -0.448 e. The van der Waals surface area contributed by atoms with Crippen LogP contribution in [0.3, 0.4) is 0 Å². The number of esters is 1. The van der Waals surface area contributed by atoms with Gasteiger partial charge in [-0.05, 0) is 6.92 Å². The molecule has 0 fully saturated rings. The normalized spacial score (nSPS) is 12.3. The molecule has 0 saturated heterocycles. The third-order valence-electron chi connectivity index (χ3n) is 2.67. The zero-order valence-corrected chi connectivity index (χ0v) is 13.0. The van der Waals surface area contributed by atoms with E-state index in [-0.39, 0.29) is 10.8 Å². The van der Waals surface area contributed by atoms with Crippen LogP contribution in [0.15, 0.2) is 11.6 Å². The summed E-state index contributed by atoms with van der Waals surface area (Å²) in [6, 6.07) is 0. The molecule has 1 N–H and O–H groups in total. The topological polar surface area (TPSA) is 81.9 Å². The van der Waals surface area contributed by atoms with Crippen molar-refractivity contribution < 1.29 is 19.1 Å². The van der Waals surface area contributed by atoms with Gasteiger partial charge in [-0.1, -0.05) is 11.6 Å². The first-order valence-electron chi connectivity index (χ1n) is 6.13. The first-order chi connectivity index (χ1) is 10.0. The molecule has 0 saturated carbocycles. The zero-order valence-electron chi connectivity index (χ0n) is 11.5. The van der Waals surface area contributed by atoms with Crippen LogP contribution in [0.2, 0.25) is 5.15 Å². The molecule has 2 rings (SSSR count). The second-order valence-electron chi connectivity index (χ2n) is 4.14. The largest absolute Gasteiger partial charge is 0.448 e. The van der Waals surface area contributed by atoms with Gasteiger partial charge >= 0.3 is 5.97 Å². The number of amides is 1. The van der Waals surface area contributed by atoms with Gasteiger partial charge in [0.2, 0.25) is 0 Å². The average molecular weight is 332 g/mol. The van der Waals surface area contributed by atoms with Crippen molar-refractivity contribution in [3.8, 4) is 0 Å². The molecular weight excluding hydrogens is 318 g/mol. The van der Waals surface area contributed by atoms with E-state index in [0.29, 0.717) is 18.1 Å². The van der Waals surface area contributed by atoms with Crippen molar-refractivity contribution in [3.63, 3.8) is 0 Å². The highest BCUT2D eigenvalue weighted by Gasteiger charge is 2.24. The van der Waals surface area contributed by atoms with E-state index in [1.165, 1.54) is 29.8 Å². The number of aromatic nitrogens is 2. The van der Waals surface area contributed by atoms with Crippen LogP contribution in [0.25, 0.3) is 4.96 Å². The minimum absolute atomic E-state index is 0.0545. The Bertz CT molecular complexity index is 654. The molecule has 2 aromatic rings. The van der Waals surface area contributed by atoms with E-state index in [0.717, 1.165) is 0 Å². The Kier molecular flexibility index (Phi) is 5.16. The highest BCUT2D eigenvalue weighted by atomic mass is 35.5. The number of nitrogens with zero attached hydrogens (tertiary/aromatic N) is 2. The predicted octanol–water partition coefficient (Wildman–Crippen LogP) is 1.36. The molecule has 0 aliphatic rings. The quantitative estimate of drug-likeness (QED) is 0.638. The molecule has 0 aliphatic carbocycles. The highest BCUT2D eigenvalue weighted by Crippen LogP contribution is 2.22. The summed E-state index contributed by atoms with van der Waals surface area (Å²) in [5.74, 6) is -1.09. The van der Waals surface area contributed by atoms with Crippen molar-refractivity contribution in [3.05, 3.63) is 22.4 Å². The average Bonchev–Trinajstić information content (AvgIpc) is 2.98. The van der Waals surface area contributed by atoms with Crippen LogP contribution in [0.1, 0.15) is 17.4 Å². The first kappa shape index (κ1) is 15.7. The molecule has 0 aromatic carbocycles. The van der Waals surface area contributed by atoms with E-state index in [4.69, 9.17) is 21.1 Å². The number of imidazole rings is 1. The first-order valence-corrected chi connectivity index (χ1v) is 7.39. The van der Waals surface area contributed by atoms with E-state index in [1.54, 1.807) is 11.6 Å². The maximum Gasteiger partial charge on any atom is 0.359 e. The number of carbonyl (C=O) groups is 2. The van der Waals surface area contributed by atoms with Crippen LogP contribution in [0.4, 0.5) is 0 Å². The fraction of sp³-hybridized carbons (Fsp3) is 0.417. The highest BCUT2D eigenvalue weighted by molar-refractivity contribution is 7.15. The molecule has 0 radical (unpaired) electrons. The molecule has 2 aromatic heterocycles. The van der Waals surface area contributed by atoms with Gasteiger partial charge in [-0.3, -0.25) is 9.20 Å². The number of carbonyl (C=O) groups excluding carboxylic acids is 2. The number of hydrogen-bond acceptors (Lipinski definition) is 6. The lowest BCUT2D eigenvalue weighted by atomic mass is 10.3. The fourth-order valence-electron chi connectivity index (χ4n) is 1.63. The third kappa shape index (κ3) is 3.52. The molecule has 0 aliphatic heterocycles. The lowest BCUT2D eigenvalue weighted by Gasteiger charge is -2.13. The van der Waals surface area contributed by atoms with Crippen LogP contribution in [0, 0.1) is 0 Å². The van der Waals surface area contributed by atoms with Crippen LogP contribution in [-0.4, -0.2) is 47.6 Å². The van der Waals surface area contributed by atoms with Gasteiger partial charge < -0.3 is 14.8 Å². The summed E-state index contributed by atoms with van der Waals surface area (Å²) in [5, 5.41) is 4.41. The maximum atomic E-state index is 12.1. The van der Waals surface area contributed by atoms with Gasteiger partial charge in [0.05, 0.1) is 6.61 Å². The van der Waals surface area contributed by atoms with E-state index in [9.17, 15) is 9.59 Å². The molecule has 1 amide bonds. The number of methoxy groups -OCH3 is 1. The second kappa shape index (κ2) is 6.88. The number of halogens is 1. The monoisotopic (exact) mass is 331 g/mol. The Labute approximate surface area is 129 Å². The van der Waals surface area contributed by atoms with Crippen molar-refractivity contribution in [1.82, 2.24) is 14.7 Å². The van der Waals surface area contributed by atoms with Crippen molar-refractivity contribution in [2.75, 3.05) is 20.3 Å². The van der Waals surface area contributed by atoms with Crippen molar-refractivity contribution in [2.24, 2.45) is 0 Å². The van der Waals surface area contributed by atoms with Crippen molar-refractivity contribution >= 4 is 39.8 Å². The maximum absolute atomic E-state index is 12.1. The molecule has 0 bridgehead atoms. The fourth-order valence-corrected chi connectivity index (χ4v) is 2.64. The van der Waals surface area contributed by atoms with Crippen LogP contribution in [0.5, 0.6) is 0 Å². The van der Waals surface area contributed by atoms with Gasteiger partial charge in [0.1, 0.15) is 0 Å². The third-order valence-corrected chi connectivity index (χ3v) is 3.69. The van der Waals surface area contributed by atoms with Gasteiger partial charge in [-0.25, -0.2) is 9.78 Å². The number of hydrogen-bond donors (Lipinski definition) is 1. The predicted molar refractivity (Wildman–Crippen MR) is 77.8 cm³/mol. The molecule has 114 valence electrons. The second-order valence-corrected chi connectivity index (χ2v) is 5.37. The SMILES string of the molecule is COCCNC(=O)[C@@H](C)OC(=O)c1c(Cl)nc2sccn12. The Balaban J connectivity index is 2.02.